The maximum absolute atomic E-state index is 4.54. The van der Waals surface area contributed by atoms with E-state index in [1.807, 2.05) is 13.2 Å². The Morgan fingerprint density at radius 2 is 2.05 bits per heavy atom. The Bertz CT molecular complexity index is 440. The summed E-state index contributed by atoms with van der Waals surface area (Å²) >= 11 is 0. The van der Waals surface area contributed by atoms with Crippen molar-refractivity contribution in [2.24, 2.45) is 0 Å². The van der Waals surface area contributed by atoms with Gasteiger partial charge in [-0.3, -0.25) is 0 Å². The Labute approximate surface area is 123 Å². The van der Waals surface area contributed by atoms with Crippen LogP contribution in [0.4, 0.5) is 5.82 Å². The zero-order valence-corrected chi connectivity index (χ0v) is 13.5. The van der Waals surface area contributed by atoms with E-state index in [2.05, 4.69) is 60.3 Å². The van der Waals surface area contributed by atoms with Gasteiger partial charge in [0.2, 0.25) is 0 Å². The van der Waals surface area contributed by atoms with E-state index in [9.17, 15) is 0 Å². The number of likely N-dealkylation sites (N-methyl/N-ethyl adjacent to an activating group) is 2. The average Bonchev–Trinajstić information content (AvgIpc) is 2.41. The van der Waals surface area contributed by atoms with Gasteiger partial charge in [-0.1, -0.05) is 0 Å². The first kappa shape index (κ1) is 15.3. The summed E-state index contributed by atoms with van der Waals surface area (Å²) in [5.74, 6) is 1.07. The van der Waals surface area contributed by atoms with Gasteiger partial charge in [-0.2, -0.15) is 0 Å². The standard InChI is InChI=1S/C16H28N4/c1-13(17-2)14-7-10-18-15(11-14)20(5)12-16(19(3)4)8-6-9-16/h7,10-11,13,17H,6,8-9,12H2,1-5H3. The topological polar surface area (TPSA) is 31.4 Å². The van der Waals surface area contributed by atoms with Crippen LogP contribution in [0.2, 0.25) is 0 Å². The molecule has 4 nitrogen and oxygen atoms in total. The van der Waals surface area contributed by atoms with Crippen LogP contribution in [0.25, 0.3) is 0 Å². The predicted octanol–water partition coefficient (Wildman–Crippen LogP) is 2.28. The van der Waals surface area contributed by atoms with Gasteiger partial charge < -0.3 is 15.1 Å². The lowest BCUT2D eigenvalue weighted by Crippen LogP contribution is -2.56. The van der Waals surface area contributed by atoms with E-state index in [0.29, 0.717) is 11.6 Å². The molecule has 112 valence electrons. The molecule has 1 saturated carbocycles. The summed E-state index contributed by atoms with van der Waals surface area (Å²) in [6.07, 6.45) is 5.84. The molecule has 0 bridgehead atoms. The summed E-state index contributed by atoms with van der Waals surface area (Å²) in [6.45, 7) is 3.22. The van der Waals surface area contributed by atoms with Gasteiger partial charge in [-0.15, -0.1) is 0 Å². The number of nitrogens with one attached hydrogen (secondary N) is 1. The van der Waals surface area contributed by atoms with Crippen molar-refractivity contribution < 1.29 is 0 Å². The maximum atomic E-state index is 4.54. The van der Waals surface area contributed by atoms with E-state index >= 15 is 0 Å². The Kier molecular flexibility index (Phi) is 4.66. The van der Waals surface area contributed by atoms with E-state index in [4.69, 9.17) is 0 Å². The molecule has 0 aliphatic heterocycles. The monoisotopic (exact) mass is 276 g/mol. The smallest absolute Gasteiger partial charge is 0.128 e. The molecule has 0 radical (unpaired) electrons. The fourth-order valence-electron chi connectivity index (χ4n) is 2.93. The number of anilines is 1. The Morgan fingerprint density at radius 3 is 2.55 bits per heavy atom. The number of hydrogen-bond acceptors (Lipinski definition) is 4. The number of hydrogen-bond donors (Lipinski definition) is 1. The SMILES string of the molecule is CNC(C)c1ccnc(N(C)CC2(N(C)C)CCC2)c1. The molecule has 1 aromatic heterocycles. The first-order chi connectivity index (χ1) is 9.48. The lowest BCUT2D eigenvalue weighted by Gasteiger charge is -2.49. The highest BCUT2D eigenvalue weighted by Crippen LogP contribution is 2.37. The van der Waals surface area contributed by atoms with Crippen LogP contribution >= 0.6 is 0 Å². The molecule has 4 heteroatoms. The van der Waals surface area contributed by atoms with Crippen molar-refractivity contribution in [2.75, 3.05) is 39.6 Å². The molecule has 0 amide bonds. The minimum absolute atomic E-state index is 0.334. The van der Waals surface area contributed by atoms with Crippen LogP contribution in [0.3, 0.4) is 0 Å². The third-order valence-electron chi connectivity index (χ3n) is 4.86. The lowest BCUT2D eigenvalue weighted by atomic mass is 9.75. The van der Waals surface area contributed by atoms with Gasteiger partial charge >= 0.3 is 0 Å². The first-order valence-electron chi connectivity index (χ1n) is 7.50. The van der Waals surface area contributed by atoms with Crippen molar-refractivity contribution in [1.82, 2.24) is 15.2 Å². The van der Waals surface area contributed by atoms with Crippen molar-refractivity contribution >= 4 is 5.82 Å². The summed E-state index contributed by atoms with van der Waals surface area (Å²) in [5, 5.41) is 3.28. The highest BCUT2D eigenvalue weighted by atomic mass is 15.2. The molecule has 1 aliphatic carbocycles. The van der Waals surface area contributed by atoms with Crippen molar-refractivity contribution in [3.63, 3.8) is 0 Å². The van der Waals surface area contributed by atoms with Crippen LogP contribution in [0.15, 0.2) is 18.3 Å². The molecule has 1 unspecified atom stereocenters. The van der Waals surface area contributed by atoms with Gasteiger partial charge in [0.15, 0.2) is 0 Å². The fourth-order valence-corrected chi connectivity index (χ4v) is 2.93. The minimum atomic E-state index is 0.334. The molecule has 0 spiro atoms. The largest absolute Gasteiger partial charge is 0.358 e. The molecule has 1 fully saturated rings. The van der Waals surface area contributed by atoms with Gasteiger partial charge in [0.05, 0.1) is 0 Å². The summed E-state index contributed by atoms with van der Waals surface area (Å²) in [7, 11) is 8.53. The van der Waals surface area contributed by atoms with Gasteiger partial charge in [-0.05, 0) is 65.0 Å². The molecule has 1 heterocycles. The number of nitrogens with zero attached hydrogens (tertiary/aromatic N) is 3. The molecule has 20 heavy (non-hydrogen) atoms. The average molecular weight is 276 g/mol. The highest BCUT2D eigenvalue weighted by Gasteiger charge is 2.40. The third kappa shape index (κ3) is 2.96. The van der Waals surface area contributed by atoms with Crippen molar-refractivity contribution in [2.45, 2.75) is 37.8 Å². The quantitative estimate of drug-likeness (QED) is 0.864. The van der Waals surface area contributed by atoms with E-state index in [-0.39, 0.29) is 0 Å². The molecule has 1 aliphatic rings. The third-order valence-corrected chi connectivity index (χ3v) is 4.86. The minimum Gasteiger partial charge on any atom is -0.358 e. The van der Waals surface area contributed by atoms with E-state index in [0.717, 1.165) is 12.4 Å². The summed E-state index contributed by atoms with van der Waals surface area (Å²) in [4.78, 5) is 9.22. The summed E-state index contributed by atoms with van der Waals surface area (Å²) in [5.41, 5.74) is 1.62. The Balaban J connectivity index is 2.11. The maximum Gasteiger partial charge on any atom is 0.128 e. The molecular formula is C16H28N4. The van der Waals surface area contributed by atoms with Crippen molar-refractivity contribution in [1.29, 1.82) is 0 Å². The molecule has 1 aromatic rings. The zero-order chi connectivity index (χ0) is 14.8. The van der Waals surface area contributed by atoms with Crippen LogP contribution in [0.5, 0.6) is 0 Å². The predicted molar refractivity (Wildman–Crippen MR) is 85.3 cm³/mol. The Hall–Kier alpha value is -1.13. The van der Waals surface area contributed by atoms with Crippen molar-refractivity contribution in [3.05, 3.63) is 23.9 Å². The van der Waals surface area contributed by atoms with Gasteiger partial charge in [0.1, 0.15) is 5.82 Å². The molecule has 0 saturated heterocycles. The zero-order valence-electron chi connectivity index (χ0n) is 13.5. The number of rotatable bonds is 6. The van der Waals surface area contributed by atoms with E-state index in [1.54, 1.807) is 0 Å². The second kappa shape index (κ2) is 6.10. The van der Waals surface area contributed by atoms with Crippen LogP contribution < -0.4 is 10.2 Å². The molecule has 1 N–H and O–H groups in total. The highest BCUT2D eigenvalue weighted by molar-refractivity contribution is 5.41. The van der Waals surface area contributed by atoms with Crippen LogP contribution in [0, 0.1) is 0 Å². The van der Waals surface area contributed by atoms with Crippen LogP contribution in [-0.4, -0.2) is 50.2 Å². The van der Waals surface area contributed by atoms with Gasteiger partial charge in [-0.25, -0.2) is 4.98 Å². The molecular weight excluding hydrogens is 248 g/mol. The second-order valence-electron chi connectivity index (χ2n) is 6.29. The normalized spacial score (nSPS) is 18.7. The lowest BCUT2D eigenvalue weighted by molar-refractivity contribution is 0.0682. The van der Waals surface area contributed by atoms with Crippen LogP contribution in [-0.2, 0) is 0 Å². The van der Waals surface area contributed by atoms with E-state index < -0.39 is 0 Å². The van der Waals surface area contributed by atoms with Gasteiger partial charge in [0, 0.05) is 31.4 Å². The van der Waals surface area contributed by atoms with Gasteiger partial charge in [0.25, 0.3) is 0 Å². The number of pyridine rings is 1. The van der Waals surface area contributed by atoms with Crippen LogP contribution in [0.1, 0.15) is 37.8 Å². The summed E-state index contributed by atoms with van der Waals surface area (Å²) < 4.78 is 0. The summed E-state index contributed by atoms with van der Waals surface area (Å²) in [6, 6.07) is 4.64. The van der Waals surface area contributed by atoms with E-state index in [1.165, 1.54) is 24.8 Å². The second-order valence-corrected chi connectivity index (χ2v) is 6.29. The first-order valence-corrected chi connectivity index (χ1v) is 7.50. The number of aromatic nitrogens is 1. The molecule has 0 aromatic carbocycles. The molecule has 2 rings (SSSR count). The molecule has 1 atom stereocenters. The fraction of sp³-hybridized carbons (Fsp3) is 0.688. The Morgan fingerprint density at radius 1 is 1.35 bits per heavy atom. The van der Waals surface area contributed by atoms with Crippen molar-refractivity contribution in [3.8, 4) is 0 Å².